The van der Waals surface area contributed by atoms with Gasteiger partial charge in [-0.15, -0.1) is 0 Å². The van der Waals surface area contributed by atoms with Gasteiger partial charge in [-0.1, -0.05) is 105 Å². The standard InChI is InChI=1S/C35H41N3O5/c1-2-3-10-19-36-21-12-18-35-30(29-28(43-35)17-11-20-37(32(29)40)23-26-15-8-5-9-16-26)33(41)38(31(35)34(36)42)27(24-39)22-25-13-6-4-7-14-25/h4-9,11-18,27-31,39H,2-3,10,19-24H2,1H3/t27-,28-,29+,30+,31?,35+/m1/s1. The molecule has 0 bridgehead atoms. The topological polar surface area (TPSA) is 90.4 Å². The lowest BCUT2D eigenvalue weighted by Gasteiger charge is -2.38. The Morgan fingerprint density at radius 1 is 0.884 bits per heavy atom. The average molecular weight is 584 g/mol. The number of unbranched alkanes of at least 4 members (excludes halogenated alkanes) is 2. The third-order valence-corrected chi connectivity index (χ3v) is 9.43. The van der Waals surface area contributed by atoms with E-state index >= 15 is 0 Å². The van der Waals surface area contributed by atoms with E-state index in [0.717, 1.165) is 30.4 Å². The van der Waals surface area contributed by atoms with Crippen molar-refractivity contribution >= 4 is 17.7 Å². The summed E-state index contributed by atoms with van der Waals surface area (Å²) in [6.07, 6.45) is 10.3. The molecule has 2 saturated heterocycles. The molecular formula is C35H41N3O5. The van der Waals surface area contributed by atoms with E-state index < -0.39 is 35.6 Å². The van der Waals surface area contributed by atoms with Crippen LogP contribution >= 0.6 is 0 Å². The molecule has 1 N–H and O–H groups in total. The average Bonchev–Trinajstić information content (AvgIpc) is 3.36. The number of fused-ring (bicyclic) bond motifs is 2. The van der Waals surface area contributed by atoms with E-state index in [4.69, 9.17) is 4.74 Å². The number of amides is 3. The zero-order valence-corrected chi connectivity index (χ0v) is 24.8. The van der Waals surface area contributed by atoms with Crippen molar-refractivity contribution in [2.24, 2.45) is 11.8 Å². The van der Waals surface area contributed by atoms with Crippen LogP contribution in [0.4, 0.5) is 0 Å². The van der Waals surface area contributed by atoms with Gasteiger partial charge >= 0.3 is 0 Å². The van der Waals surface area contributed by atoms with Crippen molar-refractivity contribution in [3.8, 4) is 0 Å². The second-order valence-electron chi connectivity index (χ2n) is 12.1. The quantitative estimate of drug-likeness (QED) is 0.342. The number of likely N-dealkylation sites (tertiary alicyclic amines) is 1. The van der Waals surface area contributed by atoms with Crippen LogP contribution in [0.2, 0.25) is 0 Å². The highest BCUT2D eigenvalue weighted by Crippen LogP contribution is 2.54. The fraction of sp³-hybridized carbons (Fsp3) is 0.457. The molecule has 43 heavy (non-hydrogen) atoms. The van der Waals surface area contributed by atoms with Crippen molar-refractivity contribution < 1.29 is 24.2 Å². The normalized spacial score (nSPS) is 28.9. The number of aliphatic hydroxyl groups is 1. The summed E-state index contributed by atoms with van der Waals surface area (Å²) in [6.45, 7) is 3.64. The molecule has 4 aliphatic rings. The summed E-state index contributed by atoms with van der Waals surface area (Å²) in [5.74, 6) is -2.29. The molecule has 8 heteroatoms. The number of carbonyl (C=O) groups is 3. The van der Waals surface area contributed by atoms with Gasteiger partial charge in [0.2, 0.25) is 17.7 Å². The monoisotopic (exact) mass is 583 g/mol. The molecule has 1 unspecified atom stereocenters. The Bertz CT molecular complexity index is 1380. The molecule has 0 aliphatic carbocycles. The third kappa shape index (κ3) is 5.31. The first-order valence-electron chi connectivity index (χ1n) is 15.6. The molecule has 6 atom stereocenters. The number of carbonyl (C=O) groups excluding carboxylic acids is 3. The molecule has 8 nitrogen and oxygen atoms in total. The van der Waals surface area contributed by atoms with Crippen LogP contribution in [-0.2, 0) is 32.1 Å². The highest BCUT2D eigenvalue weighted by molar-refractivity contribution is 6.00. The Morgan fingerprint density at radius 2 is 1.58 bits per heavy atom. The number of ether oxygens (including phenoxy) is 1. The summed E-state index contributed by atoms with van der Waals surface area (Å²) in [5, 5.41) is 10.7. The van der Waals surface area contributed by atoms with Crippen LogP contribution in [0.1, 0.15) is 37.3 Å². The van der Waals surface area contributed by atoms with E-state index in [2.05, 4.69) is 6.92 Å². The largest absolute Gasteiger partial charge is 0.394 e. The van der Waals surface area contributed by atoms with Gasteiger partial charge in [0.1, 0.15) is 11.6 Å². The molecule has 226 valence electrons. The number of rotatable bonds is 10. The van der Waals surface area contributed by atoms with Crippen LogP contribution in [-0.4, -0.2) is 87.6 Å². The Kier molecular flexibility index (Phi) is 8.50. The smallest absolute Gasteiger partial charge is 0.249 e. The van der Waals surface area contributed by atoms with Crippen LogP contribution in [0.3, 0.4) is 0 Å². The molecule has 0 saturated carbocycles. The second kappa shape index (κ2) is 12.5. The maximum absolute atomic E-state index is 14.7. The van der Waals surface area contributed by atoms with Crippen LogP contribution < -0.4 is 0 Å². The summed E-state index contributed by atoms with van der Waals surface area (Å²) in [4.78, 5) is 48.6. The Labute approximate surface area is 253 Å². The van der Waals surface area contributed by atoms with Crippen molar-refractivity contribution in [3.63, 3.8) is 0 Å². The van der Waals surface area contributed by atoms with Crippen LogP contribution in [0, 0.1) is 11.8 Å². The SMILES string of the molecule is CCCCCN1CC=C[C@]23O[C@@H]4C=CCN(Cc5ccccc5)C(=O)[C@@H]4[C@H]2C(=O)N([C@@H](CO)Cc2ccccc2)C3C1=O. The molecule has 1 spiro atoms. The van der Waals surface area contributed by atoms with E-state index in [-0.39, 0.29) is 24.3 Å². The van der Waals surface area contributed by atoms with Crippen molar-refractivity contribution in [1.82, 2.24) is 14.7 Å². The zero-order chi connectivity index (χ0) is 30.0. The van der Waals surface area contributed by atoms with Gasteiger partial charge < -0.3 is 24.5 Å². The molecule has 4 aliphatic heterocycles. The van der Waals surface area contributed by atoms with Crippen LogP contribution in [0.5, 0.6) is 0 Å². The number of benzene rings is 2. The van der Waals surface area contributed by atoms with Gasteiger partial charge in [0, 0.05) is 26.2 Å². The minimum Gasteiger partial charge on any atom is -0.394 e. The predicted molar refractivity (Wildman–Crippen MR) is 162 cm³/mol. The highest BCUT2D eigenvalue weighted by Gasteiger charge is 2.72. The molecule has 2 fully saturated rings. The minimum atomic E-state index is -1.30. The fourth-order valence-electron chi connectivity index (χ4n) is 7.41. The van der Waals surface area contributed by atoms with Gasteiger partial charge in [-0.2, -0.15) is 0 Å². The first-order chi connectivity index (χ1) is 21.0. The summed E-state index contributed by atoms with van der Waals surface area (Å²) in [5.41, 5.74) is 0.658. The van der Waals surface area contributed by atoms with Gasteiger partial charge in [0.25, 0.3) is 0 Å². The maximum atomic E-state index is 14.7. The highest BCUT2D eigenvalue weighted by atomic mass is 16.5. The molecular weight excluding hydrogens is 542 g/mol. The zero-order valence-electron chi connectivity index (χ0n) is 24.8. The van der Waals surface area contributed by atoms with E-state index in [1.807, 2.05) is 89.9 Å². The molecule has 6 rings (SSSR count). The number of nitrogens with zero attached hydrogens (tertiary/aromatic N) is 3. The van der Waals surface area contributed by atoms with Crippen molar-refractivity contribution in [1.29, 1.82) is 0 Å². The first-order valence-corrected chi connectivity index (χ1v) is 15.6. The lowest BCUT2D eigenvalue weighted by Crippen LogP contribution is -2.58. The molecule has 2 aromatic carbocycles. The second-order valence-corrected chi connectivity index (χ2v) is 12.1. The van der Waals surface area contributed by atoms with Crippen molar-refractivity contribution in [2.45, 2.75) is 62.9 Å². The molecule has 0 radical (unpaired) electrons. The summed E-state index contributed by atoms with van der Waals surface area (Å²) in [7, 11) is 0. The predicted octanol–water partition coefficient (Wildman–Crippen LogP) is 3.36. The molecule has 4 heterocycles. The van der Waals surface area contributed by atoms with Crippen LogP contribution in [0.25, 0.3) is 0 Å². The maximum Gasteiger partial charge on any atom is 0.249 e. The van der Waals surface area contributed by atoms with E-state index in [1.165, 1.54) is 0 Å². The van der Waals surface area contributed by atoms with Gasteiger partial charge in [-0.25, -0.2) is 0 Å². The molecule has 0 aromatic heterocycles. The first kappa shape index (κ1) is 29.3. The van der Waals surface area contributed by atoms with E-state index in [1.54, 1.807) is 9.80 Å². The van der Waals surface area contributed by atoms with E-state index in [9.17, 15) is 19.5 Å². The summed E-state index contributed by atoms with van der Waals surface area (Å²) in [6, 6.07) is 17.9. The van der Waals surface area contributed by atoms with Gasteiger partial charge in [-0.05, 0) is 24.0 Å². The number of hydrogen-bond donors (Lipinski definition) is 1. The van der Waals surface area contributed by atoms with Gasteiger partial charge in [-0.3, -0.25) is 14.4 Å². The lowest BCUT2D eigenvalue weighted by atomic mass is 9.77. The Balaban J connectivity index is 1.39. The van der Waals surface area contributed by atoms with Crippen molar-refractivity contribution in [2.75, 3.05) is 26.2 Å². The lowest BCUT2D eigenvalue weighted by molar-refractivity contribution is -0.151. The Morgan fingerprint density at radius 3 is 2.28 bits per heavy atom. The van der Waals surface area contributed by atoms with E-state index in [0.29, 0.717) is 32.6 Å². The Hall–Kier alpha value is -3.75. The fourth-order valence-corrected chi connectivity index (χ4v) is 7.41. The summed E-state index contributed by atoms with van der Waals surface area (Å²) >= 11 is 0. The van der Waals surface area contributed by atoms with Crippen molar-refractivity contribution in [3.05, 3.63) is 96.1 Å². The molecule has 2 aromatic rings. The molecule has 3 amide bonds. The minimum absolute atomic E-state index is 0.150. The number of aliphatic hydroxyl groups excluding tert-OH is 1. The summed E-state index contributed by atoms with van der Waals surface area (Å²) < 4.78 is 6.79. The third-order valence-electron chi connectivity index (χ3n) is 9.43. The number of hydrogen-bond acceptors (Lipinski definition) is 5. The van der Waals surface area contributed by atoms with Gasteiger partial charge in [0.15, 0.2) is 0 Å². The van der Waals surface area contributed by atoms with Crippen LogP contribution in [0.15, 0.2) is 85.0 Å². The van der Waals surface area contributed by atoms with Gasteiger partial charge in [0.05, 0.1) is 30.6 Å².